The van der Waals surface area contributed by atoms with Crippen LogP contribution in [-0.4, -0.2) is 28.9 Å². The van der Waals surface area contributed by atoms with E-state index in [0.29, 0.717) is 0 Å². The van der Waals surface area contributed by atoms with E-state index in [0.717, 1.165) is 26.2 Å². The van der Waals surface area contributed by atoms with Crippen molar-refractivity contribution in [3.8, 4) is 0 Å². The zero-order chi connectivity index (χ0) is 13.5. The average Bonchev–Trinajstić information content (AvgIpc) is 2.46. The highest BCUT2D eigenvalue weighted by molar-refractivity contribution is 6.68. The summed E-state index contributed by atoms with van der Waals surface area (Å²) in [6, 6.07) is 15.0. The molecule has 2 nitrogen and oxygen atoms in total. The van der Waals surface area contributed by atoms with Crippen molar-refractivity contribution in [1.29, 1.82) is 0 Å². The van der Waals surface area contributed by atoms with Gasteiger partial charge in [-0.3, -0.25) is 0 Å². The molecule has 2 aromatic carbocycles. The molecule has 3 heteroatoms. The van der Waals surface area contributed by atoms with Crippen LogP contribution in [0.5, 0.6) is 0 Å². The molecule has 2 rings (SSSR count). The molecule has 0 spiro atoms. The third kappa shape index (κ3) is 3.90. The maximum absolute atomic E-state index is 6.00. The van der Waals surface area contributed by atoms with E-state index < -0.39 is 9.04 Å². The van der Waals surface area contributed by atoms with Gasteiger partial charge in [-0.2, -0.15) is 0 Å². The fourth-order valence-corrected chi connectivity index (χ4v) is 3.68. The molecule has 0 atom stereocenters. The van der Waals surface area contributed by atoms with E-state index in [9.17, 15) is 0 Å². The molecule has 0 aliphatic heterocycles. The Morgan fingerprint density at radius 3 is 2.63 bits per heavy atom. The van der Waals surface area contributed by atoms with E-state index in [2.05, 4.69) is 49.0 Å². The third-order valence-corrected chi connectivity index (χ3v) is 4.96. The van der Waals surface area contributed by atoms with Gasteiger partial charge in [0.2, 0.25) is 9.04 Å². The standard InChI is InChI=1S/C16H21O2Si/c1-3-17-12-7-13-18-19(2)16-11-6-9-14-8-4-5-10-15(14)16/h4-6,8-11H,3,7,12-13H2,1-2H3. The van der Waals surface area contributed by atoms with Gasteiger partial charge in [0, 0.05) is 19.8 Å². The molecule has 0 amide bonds. The Kier molecular flexibility index (Phi) is 5.57. The summed E-state index contributed by atoms with van der Waals surface area (Å²) >= 11 is 0. The zero-order valence-corrected chi connectivity index (χ0v) is 12.7. The third-order valence-electron chi connectivity index (χ3n) is 3.12. The van der Waals surface area contributed by atoms with Gasteiger partial charge >= 0.3 is 0 Å². The zero-order valence-electron chi connectivity index (χ0n) is 11.7. The van der Waals surface area contributed by atoms with Crippen LogP contribution in [0.1, 0.15) is 13.3 Å². The van der Waals surface area contributed by atoms with Crippen molar-refractivity contribution in [2.45, 2.75) is 19.9 Å². The van der Waals surface area contributed by atoms with Gasteiger partial charge < -0.3 is 9.16 Å². The minimum Gasteiger partial charge on any atom is -0.412 e. The largest absolute Gasteiger partial charge is 0.412 e. The fourth-order valence-electron chi connectivity index (χ4n) is 2.14. The molecule has 19 heavy (non-hydrogen) atoms. The lowest BCUT2D eigenvalue weighted by atomic mass is 10.1. The van der Waals surface area contributed by atoms with Crippen LogP contribution in [0.15, 0.2) is 42.5 Å². The Bertz CT molecular complexity index is 508. The van der Waals surface area contributed by atoms with Crippen molar-refractivity contribution < 1.29 is 9.16 Å². The molecule has 0 saturated carbocycles. The normalized spacial score (nSPS) is 11.3. The number of hydrogen-bond acceptors (Lipinski definition) is 2. The monoisotopic (exact) mass is 273 g/mol. The topological polar surface area (TPSA) is 18.5 Å². The van der Waals surface area contributed by atoms with Crippen molar-refractivity contribution in [2.75, 3.05) is 19.8 Å². The predicted octanol–water partition coefficient (Wildman–Crippen LogP) is 3.11. The SMILES string of the molecule is CCOCCCO[Si](C)c1cccc2ccccc12. The van der Waals surface area contributed by atoms with Crippen LogP contribution in [0, 0.1) is 0 Å². The summed E-state index contributed by atoms with van der Waals surface area (Å²) in [5.41, 5.74) is 0. The second kappa shape index (κ2) is 7.43. The molecule has 0 aliphatic rings. The molecule has 0 aliphatic carbocycles. The van der Waals surface area contributed by atoms with Crippen LogP contribution in [0.4, 0.5) is 0 Å². The van der Waals surface area contributed by atoms with Crippen molar-refractivity contribution in [2.24, 2.45) is 0 Å². The van der Waals surface area contributed by atoms with Gasteiger partial charge in [0.05, 0.1) is 0 Å². The van der Waals surface area contributed by atoms with Gasteiger partial charge in [-0.1, -0.05) is 42.5 Å². The summed E-state index contributed by atoms with van der Waals surface area (Å²) in [5, 5.41) is 3.98. The molecule has 0 N–H and O–H groups in total. The van der Waals surface area contributed by atoms with Gasteiger partial charge in [0.15, 0.2) is 0 Å². The summed E-state index contributed by atoms with van der Waals surface area (Å²) in [6.07, 6.45) is 0.973. The van der Waals surface area contributed by atoms with Crippen molar-refractivity contribution in [1.82, 2.24) is 0 Å². The van der Waals surface area contributed by atoms with Crippen LogP contribution in [0.25, 0.3) is 10.8 Å². The number of ether oxygens (including phenoxy) is 1. The lowest BCUT2D eigenvalue weighted by Crippen LogP contribution is -2.31. The number of fused-ring (bicyclic) bond motifs is 1. The smallest absolute Gasteiger partial charge is 0.244 e. The summed E-state index contributed by atoms with van der Waals surface area (Å²) in [4.78, 5) is 0. The molecule has 101 valence electrons. The molecular formula is C16H21O2Si. The summed E-state index contributed by atoms with van der Waals surface area (Å²) < 4.78 is 11.3. The molecule has 0 saturated heterocycles. The van der Waals surface area contributed by atoms with Gasteiger partial charge in [-0.15, -0.1) is 0 Å². The summed E-state index contributed by atoms with van der Waals surface area (Å²) in [5.74, 6) is 0. The number of benzene rings is 2. The van der Waals surface area contributed by atoms with Gasteiger partial charge in [0.1, 0.15) is 0 Å². The molecule has 0 fully saturated rings. The van der Waals surface area contributed by atoms with Crippen LogP contribution in [-0.2, 0) is 9.16 Å². The molecule has 2 aromatic rings. The number of rotatable bonds is 7. The van der Waals surface area contributed by atoms with E-state index in [4.69, 9.17) is 9.16 Å². The fraction of sp³-hybridized carbons (Fsp3) is 0.375. The molecule has 0 aromatic heterocycles. The van der Waals surface area contributed by atoms with E-state index in [1.807, 2.05) is 6.92 Å². The molecule has 0 heterocycles. The quantitative estimate of drug-likeness (QED) is 0.570. The molecule has 1 radical (unpaired) electrons. The Balaban J connectivity index is 1.99. The minimum atomic E-state index is -0.935. The van der Waals surface area contributed by atoms with Gasteiger partial charge in [-0.25, -0.2) is 0 Å². The predicted molar refractivity (Wildman–Crippen MR) is 82.3 cm³/mol. The van der Waals surface area contributed by atoms with Crippen LogP contribution >= 0.6 is 0 Å². The van der Waals surface area contributed by atoms with E-state index in [1.54, 1.807) is 0 Å². The Morgan fingerprint density at radius 2 is 1.79 bits per heavy atom. The van der Waals surface area contributed by atoms with Crippen molar-refractivity contribution in [3.05, 3.63) is 42.5 Å². The summed E-state index contributed by atoms with van der Waals surface area (Å²) in [6.45, 7) is 6.60. The maximum Gasteiger partial charge on any atom is 0.244 e. The highest BCUT2D eigenvalue weighted by Gasteiger charge is 2.12. The second-order valence-corrected chi connectivity index (χ2v) is 6.42. The minimum absolute atomic E-state index is 0.785. The maximum atomic E-state index is 6.00. The Labute approximate surface area is 117 Å². The Hall–Kier alpha value is -1.16. The second-order valence-electron chi connectivity index (χ2n) is 4.48. The number of hydrogen-bond donors (Lipinski definition) is 0. The highest BCUT2D eigenvalue weighted by atomic mass is 28.3. The van der Waals surface area contributed by atoms with Crippen molar-refractivity contribution >= 4 is 25.0 Å². The highest BCUT2D eigenvalue weighted by Crippen LogP contribution is 2.12. The lowest BCUT2D eigenvalue weighted by Gasteiger charge is -2.13. The molecule has 0 bridgehead atoms. The van der Waals surface area contributed by atoms with E-state index in [-0.39, 0.29) is 0 Å². The first-order valence-electron chi connectivity index (χ1n) is 6.85. The van der Waals surface area contributed by atoms with E-state index >= 15 is 0 Å². The first-order valence-corrected chi connectivity index (χ1v) is 8.76. The van der Waals surface area contributed by atoms with Gasteiger partial charge in [0.25, 0.3) is 0 Å². The van der Waals surface area contributed by atoms with Gasteiger partial charge in [-0.05, 0) is 35.9 Å². The van der Waals surface area contributed by atoms with Crippen molar-refractivity contribution in [3.63, 3.8) is 0 Å². The molecular weight excluding hydrogens is 252 g/mol. The van der Waals surface area contributed by atoms with Crippen LogP contribution in [0.3, 0.4) is 0 Å². The van der Waals surface area contributed by atoms with Crippen LogP contribution < -0.4 is 5.19 Å². The first-order chi connectivity index (χ1) is 9.33. The Morgan fingerprint density at radius 1 is 1.00 bits per heavy atom. The average molecular weight is 273 g/mol. The molecule has 0 unspecified atom stereocenters. The van der Waals surface area contributed by atoms with Crippen LogP contribution in [0.2, 0.25) is 6.55 Å². The summed E-state index contributed by atoms with van der Waals surface area (Å²) in [7, 11) is -0.935. The lowest BCUT2D eigenvalue weighted by molar-refractivity contribution is 0.131. The van der Waals surface area contributed by atoms with E-state index in [1.165, 1.54) is 16.0 Å². The first kappa shape index (κ1) is 14.3.